The van der Waals surface area contributed by atoms with Crippen LogP contribution >= 0.6 is 0 Å². The van der Waals surface area contributed by atoms with Gasteiger partial charge in [0.05, 0.1) is 5.75 Å². The van der Waals surface area contributed by atoms with Crippen LogP contribution in [0.3, 0.4) is 0 Å². The van der Waals surface area contributed by atoms with Crippen molar-refractivity contribution < 1.29 is 13.2 Å². The number of amides is 2. The SMILES string of the molecule is CCN(CC)C(=O)NCCS(C)(=O)=O. The zero-order chi connectivity index (χ0) is 11.2. The molecular formula is C8H18N2O3S. The van der Waals surface area contributed by atoms with Gasteiger partial charge in [0.2, 0.25) is 0 Å². The van der Waals surface area contributed by atoms with Crippen LogP contribution in [-0.2, 0) is 9.84 Å². The van der Waals surface area contributed by atoms with Gasteiger partial charge in [0.15, 0.2) is 0 Å². The number of carbonyl (C=O) groups is 1. The predicted molar refractivity (Wildman–Crippen MR) is 56.0 cm³/mol. The molecule has 0 spiro atoms. The molecule has 0 aliphatic rings. The van der Waals surface area contributed by atoms with Gasteiger partial charge in [-0.05, 0) is 13.8 Å². The Morgan fingerprint density at radius 3 is 2.14 bits per heavy atom. The second kappa shape index (κ2) is 5.85. The molecule has 84 valence electrons. The Morgan fingerprint density at radius 1 is 1.29 bits per heavy atom. The highest BCUT2D eigenvalue weighted by atomic mass is 32.2. The molecule has 5 nitrogen and oxygen atoms in total. The molecule has 0 atom stereocenters. The lowest BCUT2D eigenvalue weighted by molar-refractivity contribution is 0.204. The van der Waals surface area contributed by atoms with Gasteiger partial charge < -0.3 is 10.2 Å². The molecule has 0 rings (SSSR count). The number of urea groups is 1. The van der Waals surface area contributed by atoms with Crippen LogP contribution in [0.1, 0.15) is 13.8 Å². The summed E-state index contributed by atoms with van der Waals surface area (Å²) in [5, 5.41) is 2.55. The molecule has 2 amide bonds. The van der Waals surface area contributed by atoms with Gasteiger partial charge in [-0.1, -0.05) is 0 Å². The van der Waals surface area contributed by atoms with Crippen LogP contribution in [0.2, 0.25) is 0 Å². The number of hydrogen-bond acceptors (Lipinski definition) is 3. The first-order valence-corrected chi connectivity index (χ1v) is 6.67. The fourth-order valence-corrected chi connectivity index (χ4v) is 1.44. The van der Waals surface area contributed by atoms with E-state index in [4.69, 9.17) is 0 Å². The smallest absolute Gasteiger partial charge is 0.317 e. The second-order valence-corrected chi connectivity index (χ2v) is 5.29. The average Bonchev–Trinajstić information content (AvgIpc) is 2.04. The van der Waals surface area contributed by atoms with Crippen LogP contribution in [0.15, 0.2) is 0 Å². The predicted octanol–water partition coefficient (Wildman–Crippen LogP) is 0.0824. The standard InChI is InChI=1S/C8H18N2O3S/c1-4-10(5-2)8(11)9-6-7-14(3,12)13/h4-7H2,1-3H3,(H,9,11). The first-order chi connectivity index (χ1) is 6.40. The van der Waals surface area contributed by atoms with Gasteiger partial charge in [0.25, 0.3) is 0 Å². The summed E-state index contributed by atoms with van der Waals surface area (Å²) in [7, 11) is -2.99. The van der Waals surface area contributed by atoms with Crippen molar-refractivity contribution in [2.45, 2.75) is 13.8 Å². The van der Waals surface area contributed by atoms with Crippen molar-refractivity contribution >= 4 is 15.9 Å². The summed E-state index contributed by atoms with van der Waals surface area (Å²) in [6.07, 6.45) is 1.15. The van der Waals surface area contributed by atoms with E-state index in [9.17, 15) is 13.2 Å². The number of sulfone groups is 1. The first-order valence-electron chi connectivity index (χ1n) is 4.61. The van der Waals surface area contributed by atoms with Crippen molar-refractivity contribution in [2.24, 2.45) is 0 Å². The van der Waals surface area contributed by atoms with Gasteiger partial charge in [-0.3, -0.25) is 0 Å². The lowest BCUT2D eigenvalue weighted by atomic mass is 10.5. The van der Waals surface area contributed by atoms with Crippen LogP contribution in [0.5, 0.6) is 0 Å². The summed E-state index contributed by atoms with van der Waals surface area (Å²) in [5.41, 5.74) is 0. The molecule has 6 heteroatoms. The van der Waals surface area contributed by atoms with Crippen LogP contribution in [0, 0.1) is 0 Å². The topological polar surface area (TPSA) is 66.5 Å². The summed E-state index contributed by atoms with van der Waals surface area (Å²) in [6, 6.07) is -0.210. The van der Waals surface area contributed by atoms with E-state index in [0.717, 1.165) is 6.26 Å². The number of nitrogens with zero attached hydrogens (tertiary/aromatic N) is 1. The third kappa shape index (κ3) is 5.80. The molecule has 0 radical (unpaired) electrons. The van der Waals surface area contributed by atoms with Crippen LogP contribution < -0.4 is 5.32 Å². The molecule has 0 aromatic heterocycles. The van der Waals surface area contributed by atoms with E-state index in [-0.39, 0.29) is 18.3 Å². The van der Waals surface area contributed by atoms with Crippen molar-refractivity contribution in [3.8, 4) is 0 Å². The fraction of sp³-hybridized carbons (Fsp3) is 0.875. The quantitative estimate of drug-likeness (QED) is 0.716. The molecule has 0 aromatic carbocycles. The molecule has 0 fully saturated rings. The van der Waals surface area contributed by atoms with E-state index in [0.29, 0.717) is 13.1 Å². The maximum Gasteiger partial charge on any atom is 0.317 e. The van der Waals surface area contributed by atoms with E-state index in [1.54, 1.807) is 4.90 Å². The molecule has 0 saturated carbocycles. The van der Waals surface area contributed by atoms with Crippen LogP contribution in [0.4, 0.5) is 4.79 Å². The van der Waals surface area contributed by atoms with Gasteiger partial charge >= 0.3 is 6.03 Å². The van der Waals surface area contributed by atoms with E-state index in [2.05, 4.69) is 5.32 Å². The van der Waals surface area contributed by atoms with Crippen molar-refractivity contribution in [3.63, 3.8) is 0 Å². The molecule has 0 bridgehead atoms. The Bertz CT molecular complexity index is 270. The van der Waals surface area contributed by atoms with Gasteiger partial charge in [0, 0.05) is 25.9 Å². The third-order valence-electron chi connectivity index (χ3n) is 1.80. The molecular weight excluding hydrogens is 204 g/mol. The summed E-state index contributed by atoms with van der Waals surface area (Å²) in [5.74, 6) is -0.0139. The monoisotopic (exact) mass is 222 g/mol. The Morgan fingerprint density at radius 2 is 1.79 bits per heavy atom. The van der Waals surface area contributed by atoms with E-state index in [1.807, 2.05) is 13.8 Å². The highest BCUT2D eigenvalue weighted by molar-refractivity contribution is 7.90. The molecule has 0 aliphatic carbocycles. The van der Waals surface area contributed by atoms with Crippen molar-refractivity contribution in [2.75, 3.05) is 31.6 Å². The Labute approximate surface area is 85.4 Å². The number of hydrogen-bond donors (Lipinski definition) is 1. The maximum atomic E-state index is 11.3. The Hall–Kier alpha value is -0.780. The largest absolute Gasteiger partial charge is 0.337 e. The Balaban J connectivity index is 3.85. The third-order valence-corrected chi connectivity index (χ3v) is 2.75. The van der Waals surface area contributed by atoms with E-state index >= 15 is 0 Å². The molecule has 0 aliphatic heterocycles. The highest BCUT2D eigenvalue weighted by Crippen LogP contribution is 1.88. The zero-order valence-electron chi connectivity index (χ0n) is 8.91. The van der Waals surface area contributed by atoms with Crippen LogP contribution in [-0.4, -0.2) is 51.0 Å². The lowest BCUT2D eigenvalue weighted by Crippen LogP contribution is -2.41. The number of nitrogens with one attached hydrogen (secondary N) is 1. The summed E-state index contributed by atoms with van der Waals surface area (Å²) in [6.45, 7) is 5.18. The van der Waals surface area contributed by atoms with Gasteiger partial charge in [-0.25, -0.2) is 13.2 Å². The van der Waals surface area contributed by atoms with Crippen molar-refractivity contribution in [1.29, 1.82) is 0 Å². The molecule has 1 N–H and O–H groups in total. The summed E-state index contributed by atoms with van der Waals surface area (Å²) >= 11 is 0. The molecule has 0 unspecified atom stereocenters. The van der Waals surface area contributed by atoms with Crippen molar-refractivity contribution in [1.82, 2.24) is 10.2 Å². The normalized spacial score (nSPS) is 11.1. The Kier molecular flexibility index (Phi) is 5.52. The molecule has 0 aromatic rings. The average molecular weight is 222 g/mol. The minimum atomic E-state index is -2.99. The van der Waals surface area contributed by atoms with Gasteiger partial charge in [-0.15, -0.1) is 0 Å². The van der Waals surface area contributed by atoms with Crippen LogP contribution in [0.25, 0.3) is 0 Å². The zero-order valence-corrected chi connectivity index (χ0v) is 9.73. The highest BCUT2D eigenvalue weighted by Gasteiger charge is 2.09. The first kappa shape index (κ1) is 13.2. The van der Waals surface area contributed by atoms with Gasteiger partial charge in [-0.2, -0.15) is 0 Å². The van der Waals surface area contributed by atoms with E-state index in [1.165, 1.54) is 0 Å². The molecule has 0 saturated heterocycles. The van der Waals surface area contributed by atoms with Gasteiger partial charge in [0.1, 0.15) is 9.84 Å². The van der Waals surface area contributed by atoms with Crippen molar-refractivity contribution in [3.05, 3.63) is 0 Å². The van der Waals surface area contributed by atoms with E-state index < -0.39 is 9.84 Å². The summed E-state index contributed by atoms with van der Waals surface area (Å²) < 4.78 is 21.5. The fourth-order valence-electron chi connectivity index (χ4n) is 0.966. The number of rotatable bonds is 5. The molecule has 14 heavy (non-hydrogen) atoms. The maximum absolute atomic E-state index is 11.3. The lowest BCUT2D eigenvalue weighted by Gasteiger charge is -2.18. The molecule has 0 heterocycles. The summed E-state index contributed by atoms with van der Waals surface area (Å²) in [4.78, 5) is 12.9. The minimum Gasteiger partial charge on any atom is -0.337 e. The minimum absolute atomic E-state index is 0.0139. The second-order valence-electron chi connectivity index (χ2n) is 3.03. The number of carbonyl (C=O) groups excluding carboxylic acids is 1.